The van der Waals surface area contributed by atoms with Gasteiger partial charge in [-0.05, 0) is 26.0 Å². The van der Waals surface area contributed by atoms with Crippen molar-refractivity contribution in [3.63, 3.8) is 0 Å². The monoisotopic (exact) mass is 176 g/mol. The molecule has 0 amide bonds. The molecule has 0 bridgehead atoms. The molecule has 0 fully saturated rings. The number of rotatable bonds is 0. The van der Waals surface area contributed by atoms with E-state index in [4.69, 9.17) is 0 Å². The van der Waals surface area contributed by atoms with E-state index in [9.17, 15) is 0 Å². The zero-order chi connectivity index (χ0) is 9.64. The fourth-order valence-corrected chi connectivity index (χ4v) is 2.22. The Morgan fingerprint density at radius 1 is 1.31 bits per heavy atom. The van der Waals surface area contributed by atoms with Gasteiger partial charge in [0.2, 0.25) is 0 Å². The number of quaternary nitrogens is 1. The summed E-state index contributed by atoms with van der Waals surface area (Å²) in [4.78, 5) is 0. The molecule has 1 heteroatoms. The maximum absolute atomic E-state index is 2.33. The topological polar surface area (TPSA) is 0 Å². The van der Waals surface area contributed by atoms with E-state index in [1.807, 2.05) is 0 Å². The quantitative estimate of drug-likeness (QED) is 0.533. The normalized spacial score (nSPS) is 24.5. The molecule has 0 radical (unpaired) electrons. The van der Waals surface area contributed by atoms with Crippen LogP contribution in [0, 0.1) is 6.92 Å². The summed E-state index contributed by atoms with van der Waals surface area (Å²) in [5.74, 6) is 0. The maximum Gasteiger partial charge on any atom is 0.136 e. The Kier molecular flexibility index (Phi) is 1.74. The second-order valence-electron chi connectivity index (χ2n) is 4.73. The van der Waals surface area contributed by atoms with Gasteiger partial charge in [0, 0.05) is 12.0 Å². The molecule has 1 aromatic carbocycles. The highest BCUT2D eigenvalue weighted by Crippen LogP contribution is 2.36. The van der Waals surface area contributed by atoms with E-state index in [1.54, 1.807) is 0 Å². The molecular weight excluding hydrogens is 158 g/mol. The average Bonchev–Trinajstić information content (AvgIpc) is 2.23. The average molecular weight is 176 g/mol. The van der Waals surface area contributed by atoms with Gasteiger partial charge in [-0.15, -0.1) is 0 Å². The third-order valence-corrected chi connectivity index (χ3v) is 3.47. The Labute approximate surface area is 80.6 Å². The number of aryl methyl sites for hydroxylation is 1. The molecule has 0 saturated heterocycles. The first-order valence-corrected chi connectivity index (χ1v) is 4.95. The van der Waals surface area contributed by atoms with E-state index in [0.29, 0.717) is 0 Å². The highest BCUT2D eigenvalue weighted by atomic mass is 15.3. The highest BCUT2D eigenvalue weighted by molar-refractivity contribution is 5.56. The van der Waals surface area contributed by atoms with Gasteiger partial charge in [0.15, 0.2) is 0 Å². The van der Waals surface area contributed by atoms with Gasteiger partial charge in [-0.1, -0.05) is 11.6 Å². The molecule has 0 aromatic heterocycles. The van der Waals surface area contributed by atoms with Crippen LogP contribution in [0.1, 0.15) is 18.1 Å². The van der Waals surface area contributed by atoms with Crippen molar-refractivity contribution in [1.29, 1.82) is 0 Å². The fraction of sp³-hybridized carbons (Fsp3) is 0.500. The van der Waals surface area contributed by atoms with Gasteiger partial charge in [-0.2, -0.15) is 0 Å². The molecule has 70 valence electrons. The van der Waals surface area contributed by atoms with Crippen LogP contribution in [0.15, 0.2) is 18.2 Å². The van der Waals surface area contributed by atoms with E-state index >= 15 is 0 Å². The van der Waals surface area contributed by atoms with Crippen molar-refractivity contribution in [3.8, 4) is 0 Å². The molecule has 1 heterocycles. The summed E-state index contributed by atoms with van der Waals surface area (Å²) in [7, 11) is 4.59. The molecule has 1 nitrogen and oxygen atoms in total. The summed E-state index contributed by atoms with van der Waals surface area (Å²) in [5.41, 5.74) is 4.42. The lowest BCUT2D eigenvalue weighted by molar-refractivity contribution is 0.337. The number of hydrogen-bond acceptors (Lipinski definition) is 0. The van der Waals surface area contributed by atoms with Crippen LogP contribution in [0.2, 0.25) is 0 Å². The van der Waals surface area contributed by atoms with Crippen molar-refractivity contribution in [2.75, 3.05) is 14.1 Å². The van der Waals surface area contributed by atoms with Crippen molar-refractivity contribution in [2.24, 2.45) is 0 Å². The Hall–Kier alpha value is -0.820. The fourth-order valence-electron chi connectivity index (χ4n) is 2.22. The summed E-state index contributed by atoms with van der Waals surface area (Å²) in [6, 6.07) is 7.56. The van der Waals surface area contributed by atoms with E-state index in [-0.39, 0.29) is 0 Å². The lowest BCUT2D eigenvalue weighted by atomic mass is 10.1. The SMILES string of the molecule is Cc1ccc2c(c1)CC(C)[N+]2(C)C. The standard InChI is InChI=1S/C12H18N/c1-9-5-6-12-11(7-9)8-10(2)13(12,3)4/h5-7,10H,8H2,1-4H3/q+1. The highest BCUT2D eigenvalue weighted by Gasteiger charge is 2.36. The van der Waals surface area contributed by atoms with E-state index in [2.05, 4.69) is 46.1 Å². The summed E-state index contributed by atoms with van der Waals surface area (Å²) in [6.45, 7) is 4.50. The van der Waals surface area contributed by atoms with Crippen LogP contribution in [-0.4, -0.2) is 20.1 Å². The van der Waals surface area contributed by atoms with E-state index in [0.717, 1.165) is 10.5 Å². The van der Waals surface area contributed by atoms with Crippen LogP contribution in [0.4, 0.5) is 5.69 Å². The largest absolute Gasteiger partial charge is 0.293 e. The molecule has 0 saturated carbocycles. The van der Waals surface area contributed by atoms with Gasteiger partial charge in [-0.25, -0.2) is 0 Å². The third-order valence-electron chi connectivity index (χ3n) is 3.47. The van der Waals surface area contributed by atoms with Gasteiger partial charge in [0.05, 0.1) is 20.1 Å². The predicted molar refractivity (Wildman–Crippen MR) is 58.0 cm³/mol. The molecule has 0 spiro atoms. The number of benzene rings is 1. The first-order valence-electron chi connectivity index (χ1n) is 4.95. The molecule has 1 unspecified atom stereocenters. The van der Waals surface area contributed by atoms with Crippen LogP contribution in [0.3, 0.4) is 0 Å². The minimum atomic E-state index is 0.719. The lowest BCUT2D eigenvalue weighted by Gasteiger charge is -2.29. The zero-order valence-corrected chi connectivity index (χ0v) is 8.96. The van der Waals surface area contributed by atoms with Crippen molar-refractivity contribution >= 4 is 5.69 Å². The minimum Gasteiger partial charge on any atom is -0.293 e. The zero-order valence-electron chi connectivity index (χ0n) is 8.96. The molecule has 1 aliphatic heterocycles. The Morgan fingerprint density at radius 2 is 2.00 bits per heavy atom. The molecule has 1 aliphatic rings. The number of likely N-dealkylation sites (N-methyl/N-ethyl adjacent to an activating group) is 1. The Morgan fingerprint density at radius 3 is 2.69 bits per heavy atom. The van der Waals surface area contributed by atoms with E-state index < -0.39 is 0 Å². The van der Waals surface area contributed by atoms with Crippen molar-refractivity contribution in [2.45, 2.75) is 26.3 Å². The van der Waals surface area contributed by atoms with Crippen molar-refractivity contribution < 1.29 is 0 Å². The smallest absolute Gasteiger partial charge is 0.136 e. The summed E-state index contributed by atoms with van der Waals surface area (Å²) >= 11 is 0. The summed E-state index contributed by atoms with van der Waals surface area (Å²) in [5, 5.41) is 0. The molecule has 0 aliphatic carbocycles. The number of fused-ring (bicyclic) bond motifs is 1. The molecular formula is C12H18N+. The molecule has 1 aromatic rings. The van der Waals surface area contributed by atoms with Crippen LogP contribution < -0.4 is 4.48 Å². The second kappa shape index (κ2) is 2.58. The molecule has 13 heavy (non-hydrogen) atoms. The van der Waals surface area contributed by atoms with Gasteiger partial charge >= 0.3 is 0 Å². The predicted octanol–water partition coefficient (Wildman–Crippen LogP) is 2.51. The van der Waals surface area contributed by atoms with Crippen molar-refractivity contribution in [1.82, 2.24) is 4.48 Å². The summed E-state index contributed by atoms with van der Waals surface area (Å²) in [6.07, 6.45) is 1.23. The van der Waals surface area contributed by atoms with Gasteiger partial charge in [0.1, 0.15) is 5.69 Å². The van der Waals surface area contributed by atoms with Crippen LogP contribution in [-0.2, 0) is 6.42 Å². The van der Waals surface area contributed by atoms with Crippen LogP contribution in [0.25, 0.3) is 0 Å². The van der Waals surface area contributed by atoms with Crippen LogP contribution in [0.5, 0.6) is 0 Å². The van der Waals surface area contributed by atoms with Gasteiger partial charge in [0.25, 0.3) is 0 Å². The van der Waals surface area contributed by atoms with Gasteiger partial charge in [-0.3, -0.25) is 4.48 Å². The maximum atomic E-state index is 2.33. The Bertz CT molecular complexity index is 339. The van der Waals surface area contributed by atoms with Crippen LogP contribution >= 0.6 is 0 Å². The Balaban J connectivity index is 2.55. The third kappa shape index (κ3) is 1.19. The molecule has 2 rings (SSSR count). The minimum absolute atomic E-state index is 0.719. The van der Waals surface area contributed by atoms with Crippen molar-refractivity contribution in [3.05, 3.63) is 29.3 Å². The number of hydrogen-bond donors (Lipinski definition) is 0. The summed E-state index contributed by atoms with van der Waals surface area (Å²) < 4.78 is 1.04. The van der Waals surface area contributed by atoms with Gasteiger partial charge < -0.3 is 0 Å². The first kappa shape index (κ1) is 8.76. The molecule has 0 N–H and O–H groups in total. The molecule has 1 atom stereocenters. The van der Waals surface area contributed by atoms with E-state index in [1.165, 1.54) is 23.2 Å². The lowest BCUT2D eigenvalue weighted by Crippen LogP contribution is -2.45. The second-order valence-corrected chi connectivity index (χ2v) is 4.73. The number of nitrogens with zero attached hydrogens (tertiary/aromatic N) is 1. The first-order chi connectivity index (χ1) is 6.01.